The van der Waals surface area contributed by atoms with E-state index in [1.54, 1.807) is 30.3 Å². The van der Waals surface area contributed by atoms with E-state index in [1.165, 1.54) is 18.2 Å². The molecule has 0 atom stereocenters. The molecule has 1 amide bonds. The molecule has 7 heteroatoms. The number of para-hydroxylation sites is 1. The fourth-order valence-corrected chi connectivity index (χ4v) is 2.82. The molecular formula is C23H18FN3O3. The molecular weight excluding hydrogens is 385 g/mol. The van der Waals surface area contributed by atoms with Gasteiger partial charge in [-0.3, -0.25) is 4.79 Å². The van der Waals surface area contributed by atoms with Gasteiger partial charge in [0.05, 0.1) is 5.56 Å². The van der Waals surface area contributed by atoms with Gasteiger partial charge in [0.25, 0.3) is 11.8 Å². The lowest BCUT2D eigenvalue weighted by atomic mass is 10.1. The van der Waals surface area contributed by atoms with Crippen molar-refractivity contribution < 1.29 is 18.4 Å². The molecule has 0 spiro atoms. The van der Waals surface area contributed by atoms with Crippen molar-refractivity contribution in [3.05, 3.63) is 95.6 Å². The Hall–Kier alpha value is -4.00. The molecule has 150 valence electrons. The fraction of sp³-hybridized carbons (Fsp3) is 0.0870. The number of carbonyl (C=O) groups is 1. The van der Waals surface area contributed by atoms with E-state index in [0.717, 1.165) is 11.1 Å². The van der Waals surface area contributed by atoms with Crippen LogP contribution in [0.3, 0.4) is 0 Å². The summed E-state index contributed by atoms with van der Waals surface area (Å²) in [4.78, 5) is 16.9. The molecule has 0 radical (unpaired) electrons. The molecule has 4 rings (SSSR count). The summed E-state index contributed by atoms with van der Waals surface area (Å²) in [6.07, 6.45) is 0. The molecule has 0 aliphatic carbocycles. The van der Waals surface area contributed by atoms with Gasteiger partial charge in [-0.15, -0.1) is 0 Å². The van der Waals surface area contributed by atoms with E-state index < -0.39 is 11.7 Å². The van der Waals surface area contributed by atoms with Gasteiger partial charge in [0.15, 0.2) is 6.61 Å². The van der Waals surface area contributed by atoms with E-state index in [1.807, 2.05) is 31.2 Å². The zero-order valence-corrected chi connectivity index (χ0v) is 16.1. The van der Waals surface area contributed by atoms with Crippen molar-refractivity contribution in [2.75, 3.05) is 5.32 Å². The number of hydrogen-bond donors (Lipinski definition) is 1. The maximum Gasteiger partial charge on any atom is 0.264 e. The van der Waals surface area contributed by atoms with Crippen LogP contribution in [-0.2, 0) is 6.61 Å². The predicted octanol–water partition coefficient (Wildman–Crippen LogP) is 5.02. The standard InChI is InChI=1S/C23H18FN3O3/c1-15-9-11-16(12-10-15)22-26-21(30-27-22)14-29-20-8-3-2-7-19(20)23(28)25-18-6-4-5-17(24)13-18/h2-13H,14H2,1H3,(H,25,28). The van der Waals surface area contributed by atoms with Crippen LogP contribution in [0.2, 0.25) is 0 Å². The highest BCUT2D eigenvalue weighted by molar-refractivity contribution is 6.06. The third kappa shape index (κ3) is 4.52. The highest BCUT2D eigenvalue weighted by Gasteiger charge is 2.15. The summed E-state index contributed by atoms with van der Waals surface area (Å²) in [7, 11) is 0. The average Bonchev–Trinajstić information content (AvgIpc) is 3.22. The summed E-state index contributed by atoms with van der Waals surface area (Å²) >= 11 is 0. The molecule has 0 saturated carbocycles. The SMILES string of the molecule is Cc1ccc(-c2noc(COc3ccccc3C(=O)Nc3cccc(F)c3)n2)cc1. The molecule has 6 nitrogen and oxygen atoms in total. The number of nitrogens with zero attached hydrogens (tertiary/aromatic N) is 2. The number of rotatable bonds is 6. The summed E-state index contributed by atoms with van der Waals surface area (Å²) in [5, 5.41) is 6.63. The minimum Gasteiger partial charge on any atom is -0.483 e. The fourth-order valence-electron chi connectivity index (χ4n) is 2.82. The minimum atomic E-state index is -0.432. The normalized spacial score (nSPS) is 10.6. The molecule has 0 aliphatic heterocycles. The summed E-state index contributed by atoms with van der Waals surface area (Å²) in [5.74, 6) is 0.248. The Labute approximate surface area is 172 Å². The smallest absolute Gasteiger partial charge is 0.264 e. The summed E-state index contributed by atoms with van der Waals surface area (Å²) in [6, 6.07) is 20.2. The third-order valence-corrected chi connectivity index (χ3v) is 4.34. The van der Waals surface area contributed by atoms with Crippen LogP contribution in [-0.4, -0.2) is 16.0 Å². The third-order valence-electron chi connectivity index (χ3n) is 4.34. The van der Waals surface area contributed by atoms with Crippen LogP contribution in [0.25, 0.3) is 11.4 Å². The van der Waals surface area contributed by atoms with Crippen LogP contribution in [0.5, 0.6) is 5.75 Å². The second-order valence-electron chi connectivity index (χ2n) is 6.63. The molecule has 0 saturated heterocycles. The molecule has 0 fully saturated rings. The highest BCUT2D eigenvalue weighted by atomic mass is 19.1. The Morgan fingerprint density at radius 1 is 1.07 bits per heavy atom. The van der Waals surface area contributed by atoms with Crippen molar-refractivity contribution >= 4 is 11.6 Å². The first kappa shape index (κ1) is 19.3. The molecule has 3 aromatic carbocycles. The molecule has 1 aromatic heterocycles. The zero-order chi connectivity index (χ0) is 20.9. The highest BCUT2D eigenvalue weighted by Crippen LogP contribution is 2.22. The van der Waals surface area contributed by atoms with Gasteiger partial charge in [0.1, 0.15) is 11.6 Å². The number of halogens is 1. The van der Waals surface area contributed by atoms with Gasteiger partial charge in [-0.05, 0) is 37.3 Å². The maximum absolute atomic E-state index is 13.4. The predicted molar refractivity (Wildman–Crippen MR) is 110 cm³/mol. The van der Waals surface area contributed by atoms with Gasteiger partial charge in [-0.25, -0.2) is 4.39 Å². The molecule has 4 aromatic rings. The number of benzene rings is 3. The molecule has 0 bridgehead atoms. The number of hydrogen-bond acceptors (Lipinski definition) is 5. The van der Waals surface area contributed by atoms with Crippen LogP contribution >= 0.6 is 0 Å². The van der Waals surface area contributed by atoms with Gasteiger partial charge >= 0.3 is 0 Å². The van der Waals surface area contributed by atoms with E-state index in [-0.39, 0.29) is 12.5 Å². The molecule has 0 unspecified atom stereocenters. The first-order chi connectivity index (χ1) is 14.6. The van der Waals surface area contributed by atoms with Gasteiger partial charge in [0.2, 0.25) is 5.82 Å². The van der Waals surface area contributed by atoms with Crippen molar-refractivity contribution in [1.29, 1.82) is 0 Å². The number of carbonyl (C=O) groups excluding carboxylic acids is 1. The summed E-state index contributed by atoms with van der Waals surface area (Å²) in [6.45, 7) is 2.00. The molecule has 1 heterocycles. The van der Waals surface area contributed by atoms with E-state index in [9.17, 15) is 9.18 Å². The number of ether oxygens (including phenoxy) is 1. The minimum absolute atomic E-state index is 0.00310. The average molecular weight is 403 g/mol. The van der Waals surface area contributed by atoms with Gasteiger partial charge < -0.3 is 14.6 Å². The van der Waals surface area contributed by atoms with Crippen molar-refractivity contribution in [2.45, 2.75) is 13.5 Å². The Morgan fingerprint density at radius 3 is 2.67 bits per heavy atom. The molecule has 1 N–H and O–H groups in total. The lowest BCUT2D eigenvalue weighted by molar-refractivity contribution is 0.102. The Balaban J connectivity index is 1.46. The number of amides is 1. The van der Waals surface area contributed by atoms with E-state index >= 15 is 0 Å². The maximum atomic E-state index is 13.4. The summed E-state index contributed by atoms with van der Waals surface area (Å²) in [5.41, 5.74) is 2.64. The first-order valence-corrected chi connectivity index (χ1v) is 9.27. The number of aryl methyl sites for hydroxylation is 1. The number of anilines is 1. The topological polar surface area (TPSA) is 77.2 Å². The number of aromatic nitrogens is 2. The monoisotopic (exact) mass is 403 g/mol. The van der Waals surface area contributed by atoms with Crippen molar-refractivity contribution in [3.8, 4) is 17.1 Å². The quantitative estimate of drug-likeness (QED) is 0.489. The first-order valence-electron chi connectivity index (χ1n) is 9.27. The lowest BCUT2D eigenvalue weighted by Gasteiger charge is -2.10. The Kier molecular flexibility index (Phi) is 5.52. The number of nitrogens with one attached hydrogen (secondary N) is 1. The van der Waals surface area contributed by atoms with Crippen molar-refractivity contribution in [2.24, 2.45) is 0 Å². The van der Waals surface area contributed by atoms with Gasteiger partial charge in [0, 0.05) is 11.3 Å². The van der Waals surface area contributed by atoms with Crippen LogP contribution in [0.15, 0.2) is 77.3 Å². The van der Waals surface area contributed by atoms with E-state index in [4.69, 9.17) is 9.26 Å². The second kappa shape index (κ2) is 8.57. The Morgan fingerprint density at radius 2 is 1.87 bits per heavy atom. The molecule has 30 heavy (non-hydrogen) atoms. The van der Waals surface area contributed by atoms with Crippen molar-refractivity contribution in [1.82, 2.24) is 10.1 Å². The van der Waals surface area contributed by atoms with Crippen LogP contribution in [0, 0.1) is 12.7 Å². The van der Waals surface area contributed by atoms with Crippen LogP contribution in [0.4, 0.5) is 10.1 Å². The van der Waals surface area contributed by atoms with E-state index in [0.29, 0.717) is 22.8 Å². The van der Waals surface area contributed by atoms with Gasteiger partial charge in [-0.2, -0.15) is 4.98 Å². The van der Waals surface area contributed by atoms with Crippen molar-refractivity contribution in [3.63, 3.8) is 0 Å². The second-order valence-corrected chi connectivity index (χ2v) is 6.63. The van der Waals surface area contributed by atoms with E-state index in [2.05, 4.69) is 15.5 Å². The van der Waals surface area contributed by atoms with Gasteiger partial charge in [-0.1, -0.05) is 53.2 Å². The summed E-state index contributed by atoms with van der Waals surface area (Å²) < 4.78 is 24.3. The lowest BCUT2D eigenvalue weighted by Crippen LogP contribution is -2.13. The van der Waals surface area contributed by atoms with Crippen LogP contribution in [0.1, 0.15) is 21.8 Å². The molecule has 0 aliphatic rings. The van der Waals surface area contributed by atoms with Crippen LogP contribution < -0.4 is 10.1 Å². The largest absolute Gasteiger partial charge is 0.483 e. The zero-order valence-electron chi connectivity index (χ0n) is 16.1. The Bertz CT molecular complexity index is 1170.